The number of hydrogen-bond donors (Lipinski definition) is 0. The summed E-state index contributed by atoms with van der Waals surface area (Å²) in [6.45, 7) is 36.1. The van der Waals surface area contributed by atoms with Gasteiger partial charge in [-0.25, -0.2) is 11.3 Å². The van der Waals surface area contributed by atoms with Gasteiger partial charge in [-0.05, 0) is 18.9 Å². The van der Waals surface area contributed by atoms with Crippen molar-refractivity contribution in [3.05, 3.63) is 76.1 Å². The zero-order chi connectivity index (χ0) is 29.1. The van der Waals surface area contributed by atoms with E-state index in [2.05, 4.69) is 155 Å². The van der Waals surface area contributed by atoms with Crippen LogP contribution in [0.3, 0.4) is 0 Å². The Hall–Kier alpha value is -0.0962. The van der Waals surface area contributed by atoms with Crippen molar-refractivity contribution in [3.8, 4) is 0 Å². The predicted octanol–water partition coefficient (Wildman–Crippen LogP) is 5.43. The van der Waals surface area contributed by atoms with Gasteiger partial charge in [0.15, 0.2) is 0 Å². The summed E-state index contributed by atoms with van der Waals surface area (Å²) in [5, 5.41) is 9.05. The van der Waals surface area contributed by atoms with Crippen molar-refractivity contribution in [3.63, 3.8) is 0 Å². The van der Waals surface area contributed by atoms with E-state index in [0.29, 0.717) is 5.54 Å². The summed E-state index contributed by atoms with van der Waals surface area (Å²) in [5.41, 5.74) is 3.90. The molecule has 0 N–H and O–H groups in total. The molecule has 0 amide bonds. The van der Waals surface area contributed by atoms with E-state index in [0.717, 1.165) is 0 Å². The van der Waals surface area contributed by atoms with Crippen LogP contribution in [-0.4, -0.2) is 24.2 Å². The SMILES string of the molecule is CC(C)(C)c1ccc2c(c1)[cH-]c1cc(C(C)(C)C)ccc12.C[Si](C)(C)C1=C([Si](C)(C)C)C([Si](C)(C)C)[C-]=C1.[Cl-].[Cl-].[Zr+4]. The van der Waals surface area contributed by atoms with Gasteiger partial charge in [0.05, 0.1) is 8.07 Å². The molecule has 0 fully saturated rings. The van der Waals surface area contributed by atoms with Gasteiger partial charge in [-0.15, -0.1) is 45.3 Å². The second kappa shape index (κ2) is 13.9. The van der Waals surface area contributed by atoms with Crippen LogP contribution in [-0.2, 0) is 37.0 Å². The van der Waals surface area contributed by atoms with Gasteiger partial charge in [-0.1, -0.05) is 136 Å². The Morgan fingerprint density at radius 1 is 0.634 bits per heavy atom. The molecule has 224 valence electrons. The second-order valence-corrected chi connectivity index (χ2v) is 32.1. The fraction of sp³-hybridized carbons (Fsp3) is 0.514. The molecule has 1 aliphatic rings. The van der Waals surface area contributed by atoms with Gasteiger partial charge in [-0.3, -0.25) is 6.08 Å². The standard InChI is InChI=1S/C21H25.C14H29Si3.2ClH.Zr/c1-20(2,3)16-7-9-18-14(12-16)11-15-13-17(21(4,5)6)8-10-19(15)18;1-15(2,3)12-10-11-13(16(4,5)6)14(12)17(7,8)9;;;/h7-13H,1-6H3;10,13H,1-9H3;2*1H;/q2*-1;;;+4/p-2. The van der Waals surface area contributed by atoms with Crippen LogP contribution >= 0.6 is 0 Å². The van der Waals surface area contributed by atoms with E-state index < -0.39 is 24.2 Å². The predicted molar refractivity (Wildman–Crippen MR) is 183 cm³/mol. The summed E-state index contributed by atoms with van der Waals surface area (Å²) in [6.07, 6.45) is 6.12. The number of hydrogen-bond acceptors (Lipinski definition) is 0. The van der Waals surface area contributed by atoms with Crippen molar-refractivity contribution < 1.29 is 51.0 Å². The maximum atomic E-state index is 3.74. The number of fused-ring (bicyclic) bond motifs is 3. The van der Waals surface area contributed by atoms with Gasteiger partial charge in [0.1, 0.15) is 0 Å². The van der Waals surface area contributed by atoms with Gasteiger partial charge < -0.3 is 24.8 Å². The summed E-state index contributed by atoms with van der Waals surface area (Å²) in [7, 11) is -3.57. The van der Waals surface area contributed by atoms with E-state index in [4.69, 9.17) is 0 Å². The fourth-order valence-corrected chi connectivity index (χ4v) is 15.5. The second-order valence-electron chi connectivity index (χ2n) is 16.7. The molecule has 0 saturated carbocycles. The molecule has 0 heterocycles. The minimum atomic E-state index is -1.21. The maximum absolute atomic E-state index is 3.74. The molecule has 0 aromatic heterocycles. The Bertz CT molecular complexity index is 1310. The van der Waals surface area contributed by atoms with Crippen LogP contribution in [0.25, 0.3) is 21.5 Å². The van der Waals surface area contributed by atoms with Gasteiger partial charge in [0.2, 0.25) is 0 Å². The molecule has 41 heavy (non-hydrogen) atoms. The van der Waals surface area contributed by atoms with Crippen LogP contribution < -0.4 is 24.8 Å². The van der Waals surface area contributed by atoms with E-state index in [-0.39, 0.29) is 61.8 Å². The maximum Gasteiger partial charge on any atom is 4.00 e. The number of benzene rings is 2. The first kappa shape index (κ1) is 40.9. The topological polar surface area (TPSA) is 0 Å². The first-order valence-corrected chi connectivity index (χ1v) is 25.1. The van der Waals surface area contributed by atoms with Crippen LogP contribution in [0.5, 0.6) is 0 Å². The summed E-state index contributed by atoms with van der Waals surface area (Å²) in [4.78, 5) is 0. The Kier molecular flexibility index (Phi) is 13.9. The fourth-order valence-electron chi connectivity index (χ4n) is 5.58. The first-order valence-electron chi connectivity index (χ1n) is 14.5. The van der Waals surface area contributed by atoms with Crippen LogP contribution in [0.2, 0.25) is 64.5 Å². The van der Waals surface area contributed by atoms with Crippen molar-refractivity contribution in [1.82, 2.24) is 0 Å². The van der Waals surface area contributed by atoms with Crippen LogP contribution in [0, 0.1) is 6.08 Å². The Balaban J connectivity index is 0.000000743. The van der Waals surface area contributed by atoms with Gasteiger partial charge in [-0.2, -0.15) is 5.20 Å². The molecule has 1 unspecified atom stereocenters. The van der Waals surface area contributed by atoms with Gasteiger partial charge >= 0.3 is 26.2 Å². The van der Waals surface area contributed by atoms with E-state index in [1.54, 1.807) is 5.20 Å². The smallest absolute Gasteiger partial charge is 1.00 e. The molecule has 0 radical (unpaired) electrons. The van der Waals surface area contributed by atoms with E-state index in [1.807, 2.05) is 5.20 Å². The molecule has 0 spiro atoms. The molecular weight excluding hydrogens is 667 g/mol. The molecule has 0 aliphatic heterocycles. The summed E-state index contributed by atoms with van der Waals surface area (Å²) >= 11 is 0. The molecule has 6 heteroatoms. The summed E-state index contributed by atoms with van der Waals surface area (Å²) in [6, 6.07) is 16.2. The molecule has 3 aromatic carbocycles. The van der Waals surface area contributed by atoms with E-state index in [1.165, 1.54) is 32.7 Å². The monoisotopic (exact) mass is 718 g/mol. The van der Waals surface area contributed by atoms with Crippen molar-refractivity contribution in [1.29, 1.82) is 0 Å². The first-order chi connectivity index (χ1) is 17.0. The number of rotatable bonds is 3. The van der Waals surface area contributed by atoms with Crippen LogP contribution in [0.4, 0.5) is 0 Å². The third-order valence-electron chi connectivity index (χ3n) is 7.89. The minimum absolute atomic E-state index is 0. The molecule has 3 aromatic rings. The molecule has 1 atom stereocenters. The Labute approximate surface area is 287 Å². The number of halogens is 2. The van der Waals surface area contributed by atoms with Crippen molar-refractivity contribution in [2.45, 2.75) is 117 Å². The number of allylic oxidation sites excluding steroid dienone is 4. The quantitative estimate of drug-likeness (QED) is 0.250. The van der Waals surface area contributed by atoms with Gasteiger partial charge in [0, 0.05) is 8.07 Å². The van der Waals surface area contributed by atoms with Crippen molar-refractivity contribution in [2.75, 3.05) is 0 Å². The molecule has 1 aliphatic carbocycles. The van der Waals surface area contributed by atoms with Crippen LogP contribution in [0.1, 0.15) is 52.7 Å². The minimum Gasteiger partial charge on any atom is -1.00 e. The largest absolute Gasteiger partial charge is 4.00 e. The summed E-state index contributed by atoms with van der Waals surface area (Å²) < 4.78 is 0. The van der Waals surface area contributed by atoms with E-state index >= 15 is 0 Å². The van der Waals surface area contributed by atoms with E-state index in [9.17, 15) is 0 Å². The van der Waals surface area contributed by atoms with Crippen molar-refractivity contribution >= 4 is 45.8 Å². The molecular formula is C35H54Cl2Si3Zr. The molecule has 4 rings (SSSR count). The summed E-state index contributed by atoms with van der Waals surface area (Å²) in [5.74, 6) is 0. The Morgan fingerprint density at radius 2 is 1.02 bits per heavy atom. The van der Waals surface area contributed by atoms with Gasteiger partial charge in [0.25, 0.3) is 0 Å². The molecule has 0 saturated heterocycles. The third-order valence-corrected chi connectivity index (χ3v) is 14.8. The molecule has 0 nitrogen and oxygen atoms in total. The zero-order valence-electron chi connectivity index (χ0n) is 28.5. The normalized spacial score (nSPS) is 16.1. The molecule has 0 bridgehead atoms. The zero-order valence-corrected chi connectivity index (χ0v) is 35.4. The Morgan fingerprint density at radius 3 is 1.32 bits per heavy atom. The average Bonchev–Trinajstić information content (AvgIpc) is 3.34. The third kappa shape index (κ3) is 9.69. The average molecular weight is 721 g/mol. The van der Waals surface area contributed by atoms with Crippen LogP contribution in [0.15, 0.2) is 58.9 Å². The van der Waals surface area contributed by atoms with Crippen molar-refractivity contribution in [2.24, 2.45) is 0 Å².